The summed E-state index contributed by atoms with van der Waals surface area (Å²) < 4.78 is 0. The SMILES string of the molecule is Cc1ccc(C)c(C(=O)N2CCN(C(C)(C)CN)CC2)c1. The van der Waals surface area contributed by atoms with E-state index in [0.29, 0.717) is 6.54 Å². The minimum atomic E-state index is 0.00832. The summed E-state index contributed by atoms with van der Waals surface area (Å²) >= 11 is 0. The Morgan fingerprint density at radius 3 is 2.38 bits per heavy atom. The van der Waals surface area contributed by atoms with Crippen LogP contribution >= 0.6 is 0 Å². The van der Waals surface area contributed by atoms with Crippen LogP contribution in [-0.2, 0) is 0 Å². The van der Waals surface area contributed by atoms with Crippen molar-refractivity contribution in [3.8, 4) is 0 Å². The average molecular weight is 289 g/mol. The number of benzene rings is 1. The fourth-order valence-corrected chi connectivity index (χ4v) is 2.78. The lowest BCUT2D eigenvalue weighted by atomic mass is 10.0. The molecule has 0 aliphatic carbocycles. The summed E-state index contributed by atoms with van der Waals surface area (Å²) in [4.78, 5) is 17.0. The van der Waals surface area contributed by atoms with E-state index in [9.17, 15) is 4.79 Å². The van der Waals surface area contributed by atoms with E-state index in [1.807, 2.05) is 36.9 Å². The van der Waals surface area contributed by atoms with Crippen molar-refractivity contribution in [2.24, 2.45) is 5.73 Å². The van der Waals surface area contributed by atoms with Crippen LogP contribution in [-0.4, -0.2) is 54.0 Å². The number of rotatable bonds is 3. The molecule has 0 bridgehead atoms. The second-order valence-corrected chi connectivity index (χ2v) is 6.61. The quantitative estimate of drug-likeness (QED) is 0.923. The van der Waals surface area contributed by atoms with Gasteiger partial charge in [0, 0.05) is 43.8 Å². The molecule has 0 saturated carbocycles. The maximum atomic E-state index is 12.7. The Bertz CT molecular complexity index is 517. The smallest absolute Gasteiger partial charge is 0.254 e. The number of hydrogen-bond donors (Lipinski definition) is 1. The number of piperazine rings is 1. The van der Waals surface area contributed by atoms with Gasteiger partial charge in [-0.05, 0) is 39.3 Å². The summed E-state index contributed by atoms with van der Waals surface area (Å²) in [6.07, 6.45) is 0. The molecule has 1 aliphatic rings. The molecule has 0 aromatic heterocycles. The van der Waals surface area contributed by atoms with Gasteiger partial charge in [-0.25, -0.2) is 0 Å². The summed E-state index contributed by atoms with van der Waals surface area (Å²) in [5.41, 5.74) is 8.86. The Kier molecular flexibility index (Phi) is 4.69. The number of hydrogen-bond acceptors (Lipinski definition) is 3. The molecule has 0 atom stereocenters. The second kappa shape index (κ2) is 6.16. The zero-order valence-corrected chi connectivity index (χ0v) is 13.6. The van der Waals surface area contributed by atoms with Crippen LogP contribution in [0.4, 0.5) is 0 Å². The first-order valence-corrected chi connectivity index (χ1v) is 7.67. The third kappa shape index (κ3) is 3.44. The van der Waals surface area contributed by atoms with E-state index in [4.69, 9.17) is 5.73 Å². The van der Waals surface area contributed by atoms with Crippen molar-refractivity contribution in [2.75, 3.05) is 32.7 Å². The number of nitrogens with two attached hydrogens (primary N) is 1. The first-order valence-electron chi connectivity index (χ1n) is 7.67. The molecule has 1 amide bonds. The molecule has 1 heterocycles. The van der Waals surface area contributed by atoms with Gasteiger partial charge in [0.1, 0.15) is 0 Å². The third-order valence-corrected chi connectivity index (χ3v) is 4.55. The molecule has 21 heavy (non-hydrogen) atoms. The third-order valence-electron chi connectivity index (χ3n) is 4.55. The molecule has 1 aliphatic heterocycles. The largest absolute Gasteiger partial charge is 0.336 e. The summed E-state index contributed by atoms with van der Waals surface area (Å²) in [7, 11) is 0. The number of carbonyl (C=O) groups is 1. The fourth-order valence-electron chi connectivity index (χ4n) is 2.78. The molecular formula is C17H27N3O. The predicted molar refractivity (Wildman–Crippen MR) is 86.5 cm³/mol. The van der Waals surface area contributed by atoms with E-state index in [2.05, 4.69) is 18.7 Å². The first-order chi connectivity index (χ1) is 9.85. The topological polar surface area (TPSA) is 49.6 Å². The Hall–Kier alpha value is -1.39. The van der Waals surface area contributed by atoms with Crippen molar-refractivity contribution in [3.05, 3.63) is 34.9 Å². The summed E-state index contributed by atoms with van der Waals surface area (Å²) in [6, 6.07) is 6.07. The molecule has 116 valence electrons. The Balaban J connectivity index is 2.05. The first kappa shape index (κ1) is 16.0. The molecule has 1 aromatic rings. The summed E-state index contributed by atoms with van der Waals surface area (Å²) in [5.74, 6) is 0.154. The second-order valence-electron chi connectivity index (χ2n) is 6.61. The normalized spacial score (nSPS) is 17.1. The van der Waals surface area contributed by atoms with Crippen LogP contribution in [0.1, 0.15) is 35.3 Å². The maximum absolute atomic E-state index is 12.7. The van der Waals surface area contributed by atoms with E-state index in [1.165, 1.54) is 0 Å². The van der Waals surface area contributed by atoms with Crippen molar-refractivity contribution < 1.29 is 4.79 Å². The number of nitrogens with zero attached hydrogens (tertiary/aromatic N) is 2. The summed E-state index contributed by atoms with van der Waals surface area (Å²) in [5, 5.41) is 0. The van der Waals surface area contributed by atoms with Crippen molar-refractivity contribution in [3.63, 3.8) is 0 Å². The van der Waals surface area contributed by atoms with Crippen LogP contribution in [0.2, 0.25) is 0 Å². The van der Waals surface area contributed by atoms with Crippen LogP contribution in [0, 0.1) is 13.8 Å². The van der Waals surface area contributed by atoms with Crippen LogP contribution in [0.15, 0.2) is 18.2 Å². The van der Waals surface area contributed by atoms with E-state index in [1.54, 1.807) is 0 Å². The van der Waals surface area contributed by atoms with Crippen LogP contribution in [0.5, 0.6) is 0 Å². The fraction of sp³-hybridized carbons (Fsp3) is 0.588. The van der Waals surface area contributed by atoms with Gasteiger partial charge in [0.2, 0.25) is 0 Å². The zero-order valence-electron chi connectivity index (χ0n) is 13.6. The van der Waals surface area contributed by atoms with Crippen LogP contribution in [0.3, 0.4) is 0 Å². The number of amides is 1. The van der Waals surface area contributed by atoms with E-state index in [-0.39, 0.29) is 11.4 Å². The highest BCUT2D eigenvalue weighted by Crippen LogP contribution is 2.18. The molecule has 4 nitrogen and oxygen atoms in total. The molecule has 2 rings (SSSR count). The molecular weight excluding hydrogens is 262 g/mol. The predicted octanol–water partition coefficient (Wildman–Crippen LogP) is 1.80. The minimum Gasteiger partial charge on any atom is -0.336 e. The Morgan fingerprint density at radius 1 is 1.19 bits per heavy atom. The van der Waals surface area contributed by atoms with Gasteiger partial charge in [0.05, 0.1) is 0 Å². The van der Waals surface area contributed by atoms with Gasteiger partial charge < -0.3 is 10.6 Å². The molecule has 1 saturated heterocycles. The monoisotopic (exact) mass is 289 g/mol. The Labute approximate surface area is 127 Å². The van der Waals surface area contributed by atoms with Crippen LogP contribution < -0.4 is 5.73 Å². The molecule has 2 N–H and O–H groups in total. The molecule has 0 unspecified atom stereocenters. The molecule has 1 aromatic carbocycles. The lowest BCUT2D eigenvalue weighted by molar-refractivity contribution is 0.0425. The van der Waals surface area contributed by atoms with Crippen molar-refractivity contribution in [2.45, 2.75) is 33.2 Å². The van der Waals surface area contributed by atoms with Crippen molar-refractivity contribution >= 4 is 5.91 Å². The average Bonchev–Trinajstić information content (AvgIpc) is 2.49. The lowest BCUT2D eigenvalue weighted by Crippen LogP contribution is -2.58. The van der Waals surface area contributed by atoms with Gasteiger partial charge in [-0.3, -0.25) is 9.69 Å². The Morgan fingerprint density at radius 2 is 1.81 bits per heavy atom. The number of carbonyl (C=O) groups excluding carboxylic acids is 1. The van der Waals surface area contributed by atoms with Crippen molar-refractivity contribution in [1.82, 2.24) is 9.80 Å². The highest BCUT2D eigenvalue weighted by Gasteiger charge is 2.30. The van der Waals surface area contributed by atoms with Gasteiger partial charge in [-0.2, -0.15) is 0 Å². The van der Waals surface area contributed by atoms with Gasteiger partial charge >= 0.3 is 0 Å². The minimum absolute atomic E-state index is 0.00832. The highest BCUT2D eigenvalue weighted by molar-refractivity contribution is 5.95. The lowest BCUT2D eigenvalue weighted by Gasteiger charge is -2.43. The van der Waals surface area contributed by atoms with E-state index < -0.39 is 0 Å². The highest BCUT2D eigenvalue weighted by atomic mass is 16.2. The van der Waals surface area contributed by atoms with Gasteiger partial charge in [0.15, 0.2) is 0 Å². The molecule has 0 radical (unpaired) electrons. The molecule has 1 fully saturated rings. The summed E-state index contributed by atoms with van der Waals surface area (Å²) in [6.45, 7) is 12.3. The van der Waals surface area contributed by atoms with E-state index in [0.717, 1.165) is 42.9 Å². The van der Waals surface area contributed by atoms with Gasteiger partial charge in [0.25, 0.3) is 5.91 Å². The zero-order chi connectivity index (χ0) is 15.6. The molecule has 4 heteroatoms. The number of aryl methyl sites for hydroxylation is 2. The standard InChI is InChI=1S/C17H27N3O/c1-13-5-6-14(2)15(11-13)16(21)19-7-9-20(10-8-19)17(3,4)12-18/h5-6,11H,7-10,12,18H2,1-4H3. The maximum Gasteiger partial charge on any atom is 0.254 e. The van der Waals surface area contributed by atoms with Crippen molar-refractivity contribution in [1.29, 1.82) is 0 Å². The molecule has 0 spiro atoms. The van der Waals surface area contributed by atoms with Gasteiger partial charge in [-0.1, -0.05) is 17.7 Å². The van der Waals surface area contributed by atoms with Gasteiger partial charge in [-0.15, -0.1) is 0 Å². The van der Waals surface area contributed by atoms with Crippen LogP contribution in [0.25, 0.3) is 0 Å². The van der Waals surface area contributed by atoms with E-state index >= 15 is 0 Å².